The monoisotopic (exact) mass is 235 g/mol. The number of hydrogen-bond acceptors (Lipinski definition) is 6. The van der Waals surface area contributed by atoms with Crippen LogP contribution in [0.5, 0.6) is 0 Å². The Morgan fingerprint density at radius 2 is 2.18 bits per heavy atom. The molecule has 1 aliphatic rings. The zero-order valence-corrected chi connectivity index (χ0v) is 9.69. The number of fused-ring (bicyclic) bond motifs is 1. The molecule has 0 spiro atoms. The summed E-state index contributed by atoms with van der Waals surface area (Å²) in [6.45, 7) is 1.35. The van der Waals surface area contributed by atoms with Crippen LogP contribution in [0.15, 0.2) is 22.6 Å². The average molecular weight is 235 g/mol. The molecule has 0 fully saturated rings. The zero-order valence-electron chi connectivity index (χ0n) is 9.69. The lowest BCUT2D eigenvalue weighted by molar-refractivity contribution is 0.0956. The van der Waals surface area contributed by atoms with Gasteiger partial charge in [-0.3, -0.25) is 9.59 Å². The summed E-state index contributed by atoms with van der Waals surface area (Å²) in [5.74, 6) is -0.610. The van der Waals surface area contributed by atoms with Gasteiger partial charge in [-0.15, -0.1) is 0 Å². The molecular formula is C11H13N3O3. The fourth-order valence-electron chi connectivity index (χ4n) is 1.52. The molecule has 1 aromatic heterocycles. The Hall–Kier alpha value is -1.95. The molecule has 0 aromatic carbocycles. The van der Waals surface area contributed by atoms with Crippen LogP contribution in [0.1, 0.15) is 21.0 Å². The number of rotatable bonds is 4. The van der Waals surface area contributed by atoms with Gasteiger partial charge in [-0.25, -0.2) is 4.98 Å². The van der Waals surface area contributed by atoms with Crippen LogP contribution in [-0.2, 0) is 0 Å². The minimum Gasteiger partial charge on any atom is -0.439 e. The topological polar surface area (TPSA) is 75.4 Å². The van der Waals surface area contributed by atoms with E-state index < -0.39 is 0 Å². The molecule has 17 heavy (non-hydrogen) atoms. The van der Waals surface area contributed by atoms with Crippen LogP contribution < -0.4 is 5.32 Å². The van der Waals surface area contributed by atoms with E-state index in [9.17, 15) is 9.59 Å². The van der Waals surface area contributed by atoms with E-state index in [1.807, 2.05) is 19.0 Å². The number of Topliss-reactive ketones (excluding diaryl/α,β-unsaturated/α-hetero) is 1. The summed E-state index contributed by atoms with van der Waals surface area (Å²) < 4.78 is 4.92. The van der Waals surface area contributed by atoms with Gasteiger partial charge in [-0.2, -0.15) is 0 Å². The van der Waals surface area contributed by atoms with Crippen LogP contribution in [-0.4, -0.2) is 48.6 Å². The highest BCUT2D eigenvalue weighted by molar-refractivity contribution is 6.22. The maximum atomic E-state index is 11.9. The number of oxazole rings is 1. The van der Waals surface area contributed by atoms with Gasteiger partial charge in [0.25, 0.3) is 0 Å². The number of likely N-dealkylation sites (N-methyl/N-ethyl adjacent to an activating group) is 1. The Morgan fingerprint density at radius 1 is 1.41 bits per heavy atom. The Labute approximate surface area is 98.3 Å². The third-order valence-electron chi connectivity index (χ3n) is 2.40. The van der Waals surface area contributed by atoms with Crippen LogP contribution in [0.25, 0.3) is 0 Å². The van der Waals surface area contributed by atoms with Crippen molar-refractivity contribution in [3.63, 3.8) is 0 Å². The van der Waals surface area contributed by atoms with Crippen LogP contribution >= 0.6 is 0 Å². The van der Waals surface area contributed by atoms with Gasteiger partial charge in [-0.05, 0) is 14.1 Å². The van der Waals surface area contributed by atoms with Gasteiger partial charge < -0.3 is 14.6 Å². The lowest BCUT2D eigenvalue weighted by Gasteiger charge is -2.14. The van der Waals surface area contributed by atoms with Gasteiger partial charge in [0.2, 0.25) is 17.3 Å². The fourth-order valence-corrected chi connectivity index (χ4v) is 1.52. The number of carbonyl (C=O) groups excluding carboxylic acids is 2. The maximum Gasteiger partial charge on any atom is 0.246 e. The number of carbonyl (C=O) groups is 2. The van der Waals surface area contributed by atoms with Crippen molar-refractivity contribution in [2.75, 3.05) is 27.2 Å². The molecule has 1 aliphatic carbocycles. The van der Waals surface area contributed by atoms with E-state index in [0.29, 0.717) is 6.54 Å². The van der Waals surface area contributed by atoms with Crippen molar-refractivity contribution in [1.29, 1.82) is 0 Å². The van der Waals surface area contributed by atoms with E-state index in [2.05, 4.69) is 10.3 Å². The molecule has 0 radical (unpaired) electrons. The van der Waals surface area contributed by atoms with Gasteiger partial charge in [0, 0.05) is 19.2 Å². The molecule has 6 heteroatoms. The highest BCUT2D eigenvalue weighted by atomic mass is 16.3. The SMILES string of the molecule is CN(C)CCNC1=CC(=O)c2ncoc2C1=O. The predicted molar refractivity (Wildman–Crippen MR) is 59.8 cm³/mol. The van der Waals surface area contributed by atoms with Crippen molar-refractivity contribution in [3.05, 3.63) is 29.6 Å². The summed E-state index contributed by atoms with van der Waals surface area (Å²) in [5, 5.41) is 2.93. The summed E-state index contributed by atoms with van der Waals surface area (Å²) in [6.07, 6.45) is 2.37. The molecule has 0 unspecified atom stereocenters. The predicted octanol–water partition coefficient (Wildman–Crippen LogP) is 0.0887. The molecule has 1 aromatic rings. The van der Waals surface area contributed by atoms with E-state index in [-0.39, 0.29) is 28.7 Å². The van der Waals surface area contributed by atoms with Gasteiger partial charge >= 0.3 is 0 Å². The third kappa shape index (κ3) is 2.26. The Kier molecular flexibility index (Phi) is 3.06. The first-order chi connectivity index (χ1) is 8.09. The van der Waals surface area contributed by atoms with E-state index in [4.69, 9.17) is 4.42 Å². The van der Waals surface area contributed by atoms with Crippen molar-refractivity contribution in [3.8, 4) is 0 Å². The number of ketones is 2. The van der Waals surface area contributed by atoms with Crippen LogP contribution in [0.3, 0.4) is 0 Å². The highest BCUT2D eigenvalue weighted by Gasteiger charge is 2.29. The van der Waals surface area contributed by atoms with Crippen LogP contribution in [0.2, 0.25) is 0 Å². The Balaban J connectivity index is 2.10. The second kappa shape index (κ2) is 4.50. The summed E-state index contributed by atoms with van der Waals surface area (Å²) >= 11 is 0. The molecule has 1 N–H and O–H groups in total. The number of allylic oxidation sites excluding steroid dienone is 2. The lowest BCUT2D eigenvalue weighted by atomic mass is 10.0. The quantitative estimate of drug-likeness (QED) is 0.797. The van der Waals surface area contributed by atoms with Crippen molar-refractivity contribution in [1.82, 2.24) is 15.2 Å². The highest BCUT2D eigenvalue weighted by Crippen LogP contribution is 2.18. The largest absolute Gasteiger partial charge is 0.439 e. The van der Waals surface area contributed by atoms with E-state index in [0.717, 1.165) is 12.9 Å². The molecule has 0 amide bonds. The molecule has 0 saturated carbocycles. The number of nitrogens with zero attached hydrogens (tertiary/aromatic N) is 2. The summed E-state index contributed by atoms with van der Waals surface area (Å²) in [7, 11) is 3.86. The first-order valence-corrected chi connectivity index (χ1v) is 5.22. The van der Waals surface area contributed by atoms with Gasteiger partial charge in [0.05, 0.1) is 5.70 Å². The Bertz CT molecular complexity index is 488. The molecule has 6 nitrogen and oxygen atoms in total. The molecule has 0 bridgehead atoms. The van der Waals surface area contributed by atoms with Gasteiger partial charge in [0.1, 0.15) is 0 Å². The lowest BCUT2D eigenvalue weighted by Crippen LogP contribution is -2.31. The van der Waals surface area contributed by atoms with Crippen molar-refractivity contribution >= 4 is 11.6 Å². The first-order valence-electron chi connectivity index (χ1n) is 5.22. The number of nitrogens with one attached hydrogen (secondary N) is 1. The Morgan fingerprint density at radius 3 is 2.88 bits per heavy atom. The number of hydrogen-bond donors (Lipinski definition) is 1. The molecule has 0 saturated heterocycles. The van der Waals surface area contributed by atoms with Crippen molar-refractivity contribution in [2.45, 2.75) is 0 Å². The van der Waals surface area contributed by atoms with Gasteiger partial charge in [-0.1, -0.05) is 0 Å². The average Bonchev–Trinajstić information content (AvgIpc) is 2.74. The zero-order chi connectivity index (χ0) is 12.4. The second-order valence-corrected chi connectivity index (χ2v) is 4.01. The summed E-state index contributed by atoms with van der Waals surface area (Å²) in [4.78, 5) is 29.2. The van der Waals surface area contributed by atoms with Crippen LogP contribution in [0, 0.1) is 0 Å². The smallest absolute Gasteiger partial charge is 0.246 e. The van der Waals surface area contributed by atoms with Crippen LogP contribution in [0.4, 0.5) is 0 Å². The summed E-state index contributed by atoms with van der Waals surface area (Å²) in [5.41, 5.74) is 0.356. The second-order valence-electron chi connectivity index (χ2n) is 4.01. The fraction of sp³-hybridized carbons (Fsp3) is 0.364. The molecule has 90 valence electrons. The van der Waals surface area contributed by atoms with Crippen molar-refractivity contribution < 1.29 is 14.0 Å². The molecule has 0 aliphatic heterocycles. The minimum absolute atomic E-state index is 0.0184. The first kappa shape index (κ1) is 11.5. The maximum absolute atomic E-state index is 11.9. The van der Waals surface area contributed by atoms with E-state index >= 15 is 0 Å². The third-order valence-corrected chi connectivity index (χ3v) is 2.40. The normalized spacial score (nSPS) is 14.9. The van der Waals surface area contributed by atoms with E-state index in [1.165, 1.54) is 6.08 Å². The minimum atomic E-state index is -0.323. The number of aromatic nitrogens is 1. The standard InChI is InChI=1S/C11H13N3O3/c1-14(2)4-3-12-7-5-8(15)9-11(10(7)16)17-6-13-9/h5-6,12H,3-4H2,1-2H3. The van der Waals surface area contributed by atoms with Crippen molar-refractivity contribution in [2.24, 2.45) is 0 Å². The molecule has 0 atom stereocenters. The molecular weight excluding hydrogens is 222 g/mol. The molecule has 2 rings (SSSR count). The van der Waals surface area contributed by atoms with E-state index in [1.54, 1.807) is 0 Å². The van der Waals surface area contributed by atoms with Gasteiger partial charge in [0.15, 0.2) is 12.1 Å². The summed E-state index contributed by atoms with van der Waals surface area (Å²) in [6, 6.07) is 0. The molecule has 1 heterocycles.